The van der Waals surface area contributed by atoms with Crippen LogP contribution in [0.4, 0.5) is 0 Å². The zero-order valence-electron chi connectivity index (χ0n) is 11.8. The molecular formula is C17H10N2O4. The summed E-state index contributed by atoms with van der Waals surface area (Å²) in [4.78, 5) is 23.2. The summed E-state index contributed by atoms with van der Waals surface area (Å²) in [6, 6.07) is 12.3. The van der Waals surface area contributed by atoms with E-state index >= 15 is 0 Å². The Balaban J connectivity index is 2.05. The summed E-state index contributed by atoms with van der Waals surface area (Å²) in [6.07, 6.45) is 3.51. The molecule has 0 amide bonds. The zero-order chi connectivity index (χ0) is 16.0. The molecule has 3 heterocycles. The second-order valence-corrected chi connectivity index (χ2v) is 5.09. The van der Waals surface area contributed by atoms with E-state index in [4.69, 9.17) is 9.52 Å². The molecule has 0 aliphatic heterocycles. The van der Waals surface area contributed by atoms with Gasteiger partial charge in [-0.15, -0.1) is 0 Å². The van der Waals surface area contributed by atoms with Gasteiger partial charge in [0.15, 0.2) is 0 Å². The normalized spacial score (nSPS) is 11.1. The van der Waals surface area contributed by atoms with Crippen molar-refractivity contribution in [1.82, 2.24) is 9.61 Å². The van der Waals surface area contributed by atoms with Gasteiger partial charge in [-0.3, -0.25) is 0 Å². The third kappa shape index (κ3) is 2.08. The molecule has 1 aromatic carbocycles. The Kier molecular flexibility index (Phi) is 2.77. The number of carbonyl (C=O) groups is 1. The van der Waals surface area contributed by atoms with Crippen LogP contribution in [0.2, 0.25) is 0 Å². The molecule has 0 atom stereocenters. The Morgan fingerprint density at radius 2 is 2.00 bits per heavy atom. The van der Waals surface area contributed by atoms with Crippen molar-refractivity contribution in [1.29, 1.82) is 0 Å². The lowest BCUT2D eigenvalue weighted by Gasteiger charge is -2.07. The van der Waals surface area contributed by atoms with Crippen LogP contribution in [0.25, 0.3) is 27.4 Å². The van der Waals surface area contributed by atoms with E-state index in [0.29, 0.717) is 10.8 Å². The third-order valence-corrected chi connectivity index (χ3v) is 3.73. The Morgan fingerprint density at radius 3 is 2.83 bits per heavy atom. The number of fused-ring (bicyclic) bond motifs is 2. The molecule has 23 heavy (non-hydrogen) atoms. The van der Waals surface area contributed by atoms with Gasteiger partial charge >= 0.3 is 11.6 Å². The van der Waals surface area contributed by atoms with Crippen LogP contribution >= 0.6 is 0 Å². The fraction of sp³-hybridized carbons (Fsp3) is 0. The van der Waals surface area contributed by atoms with Gasteiger partial charge in [0.2, 0.25) is 5.76 Å². The van der Waals surface area contributed by atoms with Gasteiger partial charge in [-0.2, -0.15) is 5.10 Å². The van der Waals surface area contributed by atoms with Crippen LogP contribution in [0.1, 0.15) is 10.6 Å². The van der Waals surface area contributed by atoms with Crippen molar-refractivity contribution in [3.05, 3.63) is 71.0 Å². The first-order chi connectivity index (χ1) is 11.1. The number of carboxylic acids is 1. The molecule has 0 spiro atoms. The van der Waals surface area contributed by atoms with Gasteiger partial charge in [-0.25, -0.2) is 14.1 Å². The maximum Gasteiger partial charge on any atom is 0.371 e. The highest BCUT2D eigenvalue weighted by atomic mass is 16.4. The van der Waals surface area contributed by atoms with Gasteiger partial charge in [0, 0.05) is 17.8 Å². The fourth-order valence-electron chi connectivity index (χ4n) is 2.66. The van der Waals surface area contributed by atoms with Gasteiger partial charge in [0.1, 0.15) is 0 Å². The maximum atomic E-state index is 12.0. The van der Waals surface area contributed by atoms with E-state index in [-0.39, 0.29) is 5.76 Å². The van der Waals surface area contributed by atoms with Crippen LogP contribution < -0.4 is 5.63 Å². The average Bonchev–Trinajstić information content (AvgIpc) is 3.01. The number of pyridine rings is 1. The van der Waals surface area contributed by atoms with Gasteiger partial charge in [0.05, 0.1) is 10.9 Å². The lowest BCUT2D eigenvalue weighted by molar-refractivity contribution is 0.0658. The monoisotopic (exact) mass is 306 g/mol. The molecular weight excluding hydrogens is 296 g/mol. The molecule has 6 nitrogen and oxygen atoms in total. The van der Waals surface area contributed by atoms with E-state index in [1.807, 2.05) is 30.5 Å². The van der Waals surface area contributed by atoms with Crippen LogP contribution in [0.5, 0.6) is 0 Å². The smallest absolute Gasteiger partial charge is 0.371 e. The predicted molar refractivity (Wildman–Crippen MR) is 83.6 cm³/mol. The van der Waals surface area contributed by atoms with E-state index < -0.39 is 11.6 Å². The predicted octanol–water partition coefficient (Wildman–Crippen LogP) is 2.81. The molecule has 0 fully saturated rings. The minimum absolute atomic E-state index is 0.348. The maximum absolute atomic E-state index is 12.0. The average molecular weight is 306 g/mol. The van der Waals surface area contributed by atoms with Crippen molar-refractivity contribution in [2.75, 3.05) is 0 Å². The minimum atomic E-state index is -1.27. The minimum Gasteiger partial charge on any atom is -0.475 e. The second kappa shape index (κ2) is 4.81. The lowest BCUT2D eigenvalue weighted by atomic mass is 9.99. The lowest BCUT2D eigenvalue weighted by Crippen LogP contribution is -2.06. The molecule has 0 saturated carbocycles. The summed E-state index contributed by atoms with van der Waals surface area (Å²) in [6.45, 7) is 0. The quantitative estimate of drug-likeness (QED) is 0.615. The van der Waals surface area contributed by atoms with E-state index in [1.54, 1.807) is 22.8 Å². The largest absolute Gasteiger partial charge is 0.475 e. The van der Waals surface area contributed by atoms with Gasteiger partial charge in [-0.05, 0) is 41.5 Å². The summed E-state index contributed by atoms with van der Waals surface area (Å²) >= 11 is 0. The number of hydrogen-bond donors (Lipinski definition) is 1. The van der Waals surface area contributed by atoms with Gasteiger partial charge in [-0.1, -0.05) is 12.1 Å². The second-order valence-electron chi connectivity index (χ2n) is 5.09. The summed E-state index contributed by atoms with van der Waals surface area (Å²) in [5.74, 6) is -1.65. The van der Waals surface area contributed by atoms with Crippen molar-refractivity contribution in [3.63, 3.8) is 0 Å². The highest BCUT2D eigenvalue weighted by molar-refractivity contribution is 5.99. The molecule has 0 radical (unpaired) electrons. The summed E-state index contributed by atoms with van der Waals surface area (Å²) in [5.41, 5.74) is 1.88. The number of nitrogens with zero attached hydrogens (tertiary/aromatic N) is 2. The molecule has 0 aliphatic rings. The summed E-state index contributed by atoms with van der Waals surface area (Å²) in [5, 5.41) is 14.1. The molecule has 112 valence electrons. The van der Waals surface area contributed by atoms with Crippen LogP contribution in [0.3, 0.4) is 0 Å². The van der Waals surface area contributed by atoms with Gasteiger partial charge < -0.3 is 9.52 Å². The van der Waals surface area contributed by atoms with Crippen LogP contribution in [0, 0.1) is 0 Å². The Labute approximate surface area is 129 Å². The topological polar surface area (TPSA) is 84.8 Å². The summed E-state index contributed by atoms with van der Waals surface area (Å²) < 4.78 is 6.56. The van der Waals surface area contributed by atoms with Gasteiger partial charge in [0.25, 0.3) is 0 Å². The number of aromatic carboxylic acids is 1. The SMILES string of the molecule is O=C(O)c1cc2c(-c3ccn4nccc4c3)cccc2c(=O)o1. The number of carboxylic acid groups (broad SMARTS) is 1. The number of hydrogen-bond acceptors (Lipinski definition) is 4. The first kappa shape index (κ1) is 13.3. The molecule has 0 saturated heterocycles. The molecule has 4 rings (SSSR count). The highest BCUT2D eigenvalue weighted by Gasteiger charge is 2.14. The molecule has 0 bridgehead atoms. The molecule has 6 heteroatoms. The molecule has 0 aliphatic carbocycles. The first-order valence-electron chi connectivity index (χ1n) is 6.87. The number of rotatable bonds is 2. The van der Waals surface area contributed by atoms with Crippen LogP contribution in [0.15, 0.2) is 64.1 Å². The van der Waals surface area contributed by atoms with Crippen molar-refractivity contribution in [2.24, 2.45) is 0 Å². The van der Waals surface area contributed by atoms with E-state index in [2.05, 4.69) is 5.10 Å². The Hall–Kier alpha value is -3.41. The molecule has 1 N–H and O–H groups in total. The van der Waals surface area contributed by atoms with Crippen molar-refractivity contribution >= 4 is 22.3 Å². The third-order valence-electron chi connectivity index (χ3n) is 3.73. The van der Waals surface area contributed by atoms with Crippen molar-refractivity contribution in [2.45, 2.75) is 0 Å². The standard InChI is InChI=1S/C17H10N2O4/c20-16(21)15-9-14-12(2-1-3-13(14)17(22)23-15)10-5-7-19-11(8-10)4-6-18-19/h1-9H,(H,20,21). The highest BCUT2D eigenvalue weighted by Crippen LogP contribution is 2.28. The fourth-order valence-corrected chi connectivity index (χ4v) is 2.66. The van der Waals surface area contributed by atoms with E-state index in [0.717, 1.165) is 16.6 Å². The molecule has 3 aromatic heterocycles. The van der Waals surface area contributed by atoms with Crippen molar-refractivity contribution in [3.8, 4) is 11.1 Å². The van der Waals surface area contributed by atoms with Crippen LogP contribution in [-0.4, -0.2) is 20.7 Å². The Bertz CT molecular complexity index is 1120. The molecule has 4 aromatic rings. The number of aromatic nitrogens is 2. The van der Waals surface area contributed by atoms with E-state index in [9.17, 15) is 9.59 Å². The molecule has 0 unspecified atom stereocenters. The van der Waals surface area contributed by atoms with Crippen LogP contribution in [-0.2, 0) is 0 Å². The summed E-state index contributed by atoms with van der Waals surface area (Å²) in [7, 11) is 0. The zero-order valence-corrected chi connectivity index (χ0v) is 11.8. The van der Waals surface area contributed by atoms with Crippen molar-refractivity contribution < 1.29 is 14.3 Å². The number of benzene rings is 1. The van der Waals surface area contributed by atoms with E-state index in [1.165, 1.54) is 6.07 Å². The Morgan fingerprint density at radius 1 is 1.13 bits per heavy atom. The first-order valence-corrected chi connectivity index (χ1v) is 6.87.